The summed E-state index contributed by atoms with van der Waals surface area (Å²) in [6.45, 7) is 5.83. The highest BCUT2D eigenvalue weighted by atomic mass is 15.3. The van der Waals surface area contributed by atoms with Crippen LogP contribution in [-0.2, 0) is 0 Å². The number of benzene rings is 2. The minimum Gasteiger partial charge on any atom is -0.251 e. The average molecular weight is 364 g/mol. The van der Waals surface area contributed by atoms with E-state index < -0.39 is 0 Å². The number of rotatable bonds is 2. The van der Waals surface area contributed by atoms with Gasteiger partial charge in [0.05, 0.1) is 33.5 Å². The Bertz CT molecular complexity index is 1590. The smallest absolute Gasteiger partial charge is 0.225 e. The summed E-state index contributed by atoms with van der Waals surface area (Å²) in [4.78, 5) is 14.7. The quantitative estimate of drug-likeness (QED) is 0.427. The summed E-state index contributed by atoms with van der Waals surface area (Å²) >= 11 is 0. The fourth-order valence-corrected chi connectivity index (χ4v) is 3.93. The lowest BCUT2D eigenvalue weighted by molar-refractivity contribution is 0.981. The van der Waals surface area contributed by atoms with Gasteiger partial charge in [-0.3, -0.25) is 4.40 Å². The van der Waals surface area contributed by atoms with Gasteiger partial charge in [0.1, 0.15) is 0 Å². The zero-order valence-corrected chi connectivity index (χ0v) is 15.2. The Hall–Kier alpha value is -3.93. The summed E-state index contributed by atoms with van der Waals surface area (Å²) in [5.41, 5.74) is 5.81. The maximum Gasteiger partial charge on any atom is 0.225 e. The molecule has 0 spiro atoms. The second-order valence-corrected chi connectivity index (χ2v) is 6.78. The van der Waals surface area contributed by atoms with Gasteiger partial charge in [-0.2, -0.15) is 0 Å². The number of fused-ring (bicyclic) bond motifs is 10. The van der Waals surface area contributed by atoms with Crippen molar-refractivity contribution in [2.45, 2.75) is 6.92 Å². The van der Waals surface area contributed by atoms with Crippen molar-refractivity contribution in [1.82, 2.24) is 28.2 Å². The van der Waals surface area contributed by atoms with Crippen LogP contribution >= 0.6 is 0 Å². The van der Waals surface area contributed by atoms with Crippen LogP contribution in [0.2, 0.25) is 0 Å². The van der Waals surface area contributed by atoms with Gasteiger partial charge in [-0.15, -0.1) is 0 Å². The number of aryl methyl sites for hydroxylation is 1. The normalized spacial score (nSPS) is 12.5. The highest BCUT2D eigenvalue weighted by molar-refractivity contribution is 5.87. The summed E-state index contributed by atoms with van der Waals surface area (Å²) in [6, 6.07) is 16.3. The fraction of sp³-hybridized carbons (Fsp3) is 0.0455. The maximum absolute atomic E-state index is 4.92. The Morgan fingerprint density at radius 3 is 1.89 bits per heavy atom. The molecule has 6 nitrogen and oxygen atoms in total. The van der Waals surface area contributed by atoms with Crippen molar-refractivity contribution in [2.24, 2.45) is 0 Å². The molecule has 0 atom stereocenters. The Balaban J connectivity index is 1.98. The van der Waals surface area contributed by atoms with Crippen molar-refractivity contribution < 1.29 is 0 Å². The second-order valence-electron chi connectivity index (χ2n) is 6.78. The van der Waals surface area contributed by atoms with E-state index in [4.69, 9.17) is 15.0 Å². The Morgan fingerprint density at radius 1 is 0.750 bits per heavy atom. The third kappa shape index (κ3) is 1.79. The van der Waals surface area contributed by atoms with Crippen molar-refractivity contribution in [2.75, 3.05) is 0 Å². The van der Waals surface area contributed by atoms with Gasteiger partial charge in [-0.05, 0) is 37.3 Å². The van der Waals surface area contributed by atoms with E-state index in [1.54, 1.807) is 6.08 Å². The Labute approximate surface area is 159 Å². The predicted octanol–water partition coefficient (Wildman–Crippen LogP) is 4.44. The van der Waals surface area contributed by atoms with E-state index in [2.05, 4.69) is 38.8 Å². The fourth-order valence-electron chi connectivity index (χ4n) is 3.93. The molecule has 0 bridgehead atoms. The largest absolute Gasteiger partial charge is 0.251 e. The summed E-state index contributed by atoms with van der Waals surface area (Å²) in [7, 11) is 0. The van der Waals surface area contributed by atoms with Crippen LogP contribution in [0.3, 0.4) is 0 Å². The minimum absolute atomic E-state index is 0.799. The molecule has 0 amide bonds. The first-order chi connectivity index (χ1) is 13.8. The first kappa shape index (κ1) is 15.2. The van der Waals surface area contributed by atoms with Crippen LogP contribution in [0, 0.1) is 6.92 Å². The number of para-hydroxylation sites is 4. The monoisotopic (exact) mass is 364 g/mol. The predicted molar refractivity (Wildman–Crippen MR) is 112 cm³/mol. The number of imidazole rings is 3. The van der Waals surface area contributed by atoms with Gasteiger partial charge in [0.25, 0.3) is 0 Å². The Morgan fingerprint density at radius 2 is 1.29 bits per heavy atom. The van der Waals surface area contributed by atoms with Gasteiger partial charge in [0, 0.05) is 0 Å². The van der Waals surface area contributed by atoms with Crippen molar-refractivity contribution in [3.8, 4) is 0 Å². The summed E-state index contributed by atoms with van der Waals surface area (Å²) in [5.74, 6) is 2.41. The van der Waals surface area contributed by atoms with Crippen LogP contribution in [0.15, 0.2) is 67.3 Å². The van der Waals surface area contributed by atoms with E-state index in [1.807, 2.05) is 48.6 Å². The number of nitrogens with zero attached hydrogens (tertiary/aromatic N) is 6. The number of hydrogen-bond acceptors (Lipinski definition) is 3. The van der Waals surface area contributed by atoms with E-state index in [0.717, 1.165) is 50.8 Å². The van der Waals surface area contributed by atoms with E-state index in [-0.39, 0.29) is 0 Å². The van der Waals surface area contributed by atoms with Crippen molar-refractivity contribution >= 4 is 45.5 Å². The number of allylic oxidation sites excluding steroid dienone is 2. The standard InChI is InChI=1S/C22H16N6/c1-3-4-9-15-14(2)26-20(23-15)27-19-13-8-6-11-17(19)25-22(27)28-18-12-7-5-10-16(18)24-21(26)28/h3-13H,1H2,2H3/b9-4-. The van der Waals surface area contributed by atoms with Gasteiger partial charge in [0.15, 0.2) is 0 Å². The van der Waals surface area contributed by atoms with Crippen LogP contribution < -0.4 is 0 Å². The van der Waals surface area contributed by atoms with E-state index in [9.17, 15) is 0 Å². The molecule has 0 N–H and O–H groups in total. The van der Waals surface area contributed by atoms with Crippen LogP contribution in [0.4, 0.5) is 0 Å². The second kappa shape index (κ2) is 5.29. The number of aromatic nitrogens is 6. The van der Waals surface area contributed by atoms with Gasteiger partial charge in [0.2, 0.25) is 17.3 Å². The molecule has 0 unspecified atom stereocenters. The topological polar surface area (TPSA) is 51.9 Å². The third-order valence-corrected chi connectivity index (χ3v) is 5.20. The lowest BCUT2D eigenvalue weighted by Crippen LogP contribution is -2.04. The molecule has 0 aliphatic rings. The van der Waals surface area contributed by atoms with Crippen LogP contribution in [0.5, 0.6) is 0 Å². The lowest BCUT2D eigenvalue weighted by atomic mass is 10.3. The Kier molecular flexibility index (Phi) is 2.87. The summed E-state index contributed by atoms with van der Waals surface area (Å²) in [6.07, 6.45) is 5.63. The average Bonchev–Trinajstić information content (AvgIpc) is 3.37. The first-order valence-corrected chi connectivity index (χ1v) is 9.12. The van der Waals surface area contributed by atoms with Gasteiger partial charge < -0.3 is 0 Å². The van der Waals surface area contributed by atoms with Gasteiger partial charge in [-0.1, -0.05) is 43.0 Å². The molecule has 6 aromatic rings. The zero-order valence-electron chi connectivity index (χ0n) is 15.2. The van der Waals surface area contributed by atoms with Crippen molar-refractivity contribution in [3.05, 3.63) is 78.6 Å². The highest BCUT2D eigenvalue weighted by Gasteiger charge is 2.20. The van der Waals surface area contributed by atoms with Gasteiger partial charge in [-0.25, -0.2) is 23.8 Å². The van der Waals surface area contributed by atoms with E-state index >= 15 is 0 Å². The van der Waals surface area contributed by atoms with Gasteiger partial charge >= 0.3 is 0 Å². The molecule has 0 saturated carbocycles. The maximum atomic E-state index is 4.92. The molecule has 0 saturated heterocycles. The minimum atomic E-state index is 0.799. The molecule has 0 fully saturated rings. The first-order valence-electron chi connectivity index (χ1n) is 9.12. The molecular weight excluding hydrogens is 348 g/mol. The molecule has 4 aromatic heterocycles. The van der Waals surface area contributed by atoms with Crippen LogP contribution in [0.1, 0.15) is 11.4 Å². The molecule has 2 aromatic carbocycles. The zero-order chi connectivity index (χ0) is 18.8. The van der Waals surface area contributed by atoms with Crippen molar-refractivity contribution in [1.29, 1.82) is 0 Å². The van der Waals surface area contributed by atoms with Crippen molar-refractivity contribution in [3.63, 3.8) is 0 Å². The highest BCUT2D eigenvalue weighted by Crippen LogP contribution is 2.27. The van der Waals surface area contributed by atoms with E-state index in [1.165, 1.54) is 0 Å². The SMILES string of the molecule is C=C/C=C\c1nc2n(c1C)c1nc3ccccc3n1c1nc3ccccc3n21. The third-order valence-electron chi connectivity index (χ3n) is 5.20. The molecule has 6 heteroatoms. The molecule has 134 valence electrons. The number of hydrogen-bond donors (Lipinski definition) is 0. The molecule has 0 radical (unpaired) electrons. The molecule has 0 aliphatic heterocycles. The molecule has 0 aliphatic carbocycles. The molecular formula is C22H16N6. The summed E-state index contributed by atoms with van der Waals surface area (Å²) < 4.78 is 6.32. The van der Waals surface area contributed by atoms with Crippen LogP contribution in [0.25, 0.3) is 45.5 Å². The lowest BCUT2D eigenvalue weighted by Gasteiger charge is -2.05. The molecule has 28 heavy (non-hydrogen) atoms. The molecule has 4 heterocycles. The summed E-state index contributed by atoms with van der Waals surface area (Å²) in [5, 5.41) is 0. The van der Waals surface area contributed by atoms with Crippen LogP contribution in [-0.4, -0.2) is 28.2 Å². The van der Waals surface area contributed by atoms with E-state index in [0.29, 0.717) is 0 Å². The molecule has 6 rings (SSSR count).